The van der Waals surface area contributed by atoms with E-state index in [4.69, 9.17) is 19.7 Å². The van der Waals surface area contributed by atoms with Gasteiger partial charge in [0, 0.05) is 110 Å². The van der Waals surface area contributed by atoms with Crippen LogP contribution in [0.15, 0.2) is 24.3 Å². The highest BCUT2D eigenvalue weighted by molar-refractivity contribution is 5.86. The summed E-state index contributed by atoms with van der Waals surface area (Å²) in [6.07, 6.45) is 9.65. The molecule has 30 heteroatoms. The molecule has 0 saturated carbocycles. The number of unbranched alkanes of at least 4 members (excludes halogenated alkanes) is 8. The molecular formula is C54H86N14O16. The van der Waals surface area contributed by atoms with E-state index in [-0.39, 0.29) is 50.6 Å². The van der Waals surface area contributed by atoms with Gasteiger partial charge in [0.2, 0.25) is 23.8 Å². The van der Waals surface area contributed by atoms with Crippen LogP contribution < -0.4 is 31.5 Å². The molecule has 2 aliphatic heterocycles. The number of piperazine rings is 1. The van der Waals surface area contributed by atoms with Gasteiger partial charge in [-0.2, -0.15) is 24.5 Å². The number of carbonyl (C=O) groups is 8. The van der Waals surface area contributed by atoms with Crippen LogP contribution in [0.5, 0.6) is 0 Å². The number of anilines is 4. The zero-order valence-electron chi connectivity index (χ0n) is 48.3. The van der Waals surface area contributed by atoms with Gasteiger partial charge in [-0.15, -0.1) is 0 Å². The number of nitrogens with one attached hydrogen (secondary N) is 5. The number of rotatable bonds is 35. The van der Waals surface area contributed by atoms with Gasteiger partial charge >= 0.3 is 48.0 Å². The van der Waals surface area contributed by atoms with Crippen molar-refractivity contribution in [2.45, 2.75) is 114 Å². The predicted octanol–water partition coefficient (Wildman–Crippen LogP) is 1.08. The Morgan fingerprint density at radius 3 is 1.67 bits per heavy atom. The second-order valence-electron chi connectivity index (χ2n) is 20.8. The molecule has 84 heavy (non-hydrogen) atoms. The van der Waals surface area contributed by atoms with E-state index in [0.29, 0.717) is 95.9 Å². The summed E-state index contributed by atoms with van der Waals surface area (Å²) in [7, 11) is 3.69. The molecule has 4 rings (SSSR count). The van der Waals surface area contributed by atoms with E-state index >= 15 is 0 Å². The first-order valence-electron chi connectivity index (χ1n) is 28.5. The lowest BCUT2D eigenvalue weighted by molar-refractivity contribution is -0.192. The topological polar surface area (TPSA) is 410 Å². The molecule has 3 atom stereocenters. The highest BCUT2D eigenvalue weighted by Gasteiger charge is 2.28. The molecule has 3 amide bonds. The molecule has 1 aromatic carbocycles. The maximum Gasteiger partial charge on any atom is 0.373 e. The van der Waals surface area contributed by atoms with E-state index in [2.05, 4.69) is 51.3 Å². The van der Waals surface area contributed by atoms with Crippen molar-refractivity contribution in [2.24, 2.45) is 0 Å². The van der Waals surface area contributed by atoms with Gasteiger partial charge in [-0.05, 0) is 76.2 Å². The van der Waals surface area contributed by atoms with Gasteiger partial charge < -0.3 is 67.0 Å². The molecule has 0 bridgehead atoms. The molecule has 2 aliphatic rings. The first-order valence-corrected chi connectivity index (χ1v) is 28.5. The number of nitrogens with zero attached hydrogens (tertiary/aromatic N) is 9. The lowest BCUT2D eigenvalue weighted by atomic mass is 10.0. The van der Waals surface area contributed by atoms with Crippen molar-refractivity contribution < 1.29 is 78.6 Å². The SMILES string of the molecule is CNc1nc(Nc2ccc(CC3CN(C)CCN(CC(=O)O)CCN(CC(=O)O)CCN3CC(=O)O)cc2)nc(N2CCN(CCCCCCCCCCC(=O)NCCCC[C@H](NC(=O)N[C@@H](CCC(=O)O)C(=O)O)C(=O)O)CC2)n1.O=C=O. The van der Waals surface area contributed by atoms with Crippen molar-refractivity contribution >= 4 is 77.4 Å². The quantitative estimate of drug-likeness (QED) is 0.0430. The number of aliphatic carboxylic acids is 6. The number of carboxylic acid groups (broad SMARTS) is 6. The lowest BCUT2D eigenvalue weighted by Gasteiger charge is -2.37. The normalized spacial score (nSPS) is 16.6. The zero-order chi connectivity index (χ0) is 61.8. The first-order chi connectivity index (χ1) is 40.2. The first kappa shape index (κ1) is 70.6. The summed E-state index contributed by atoms with van der Waals surface area (Å²) in [5.41, 5.74) is 1.72. The Bertz CT molecular complexity index is 2410. The third-order valence-corrected chi connectivity index (χ3v) is 14.2. The van der Waals surface area contributed by atoms with Gasteiger partial charge in [0.25, 0.3) is 0 Å². The Hall–Kier alpha value is -7.63. The van der Waals surface area contributed by atoms with E-state index in [9.17, 15) is 63.9 Å². The summed E-state index contributed by atoms with van der Waals surface area (Å²) in [5, 5.41) is 70.0. The molecule has 2 aromatic rings. The number of likely N-dealkylation sites (N-methyl/N-ethyl adjacent to an activating group) is 1. The third-order valence-electron chi connectivity index (χ3n) is 14.2. The van der Waals surface area contributed by atoms with Crippen LogP contribution in [0.2, 0.25) is 0 Å². The van der Waals surface area contributed by atoms with Crippen molar-refractivity contribution in [3.8, 4) is 0 Å². The minimum Gasteiger partial charge on any atom is -0.481 e. The van der Waals surface area contributed by atoms with Gasteiger partial charge in [-0.3, -0.25) is 43.6 Å². The minimum atomic E-state index is -1.48. The van der Waals surface area contributed by atoms with Gasteiger partial charge in [0.05, 0.1) is 19.6 Å². The summed E-state index contributed by atoms with van der Waals surface area (Å²) in [4.78, 5) is 136. The molecular weight excluding hydrogens is 1100 g/mol. The highest BCUT2D eigenvalue weighted by atomic mass is 16.4. The van der Waals surface area contributed by atoms with Crippen molar-refractivity contribution in [1.82, 2.24) is 55.4 Å². The predicted molar refractivity (Wildman–Crippen MR) is 305 cm³/mol. The molecule has 2 fully saturated rings. The van der Waals surface area contributed by atoms with Crippen LogP contribution in [0.3, 0.4) is 0 Å². The molecule has 30 nitrogen and oxygen atoms in total. The standard InChI is InChI=1S/C53H86N14O14.CO2/c1-54-50-59-51(56-39-17-15-38(16-18-39)33-40-34-62(2)23-24-64(35-45(71)72)25-26-65(36-46(73)74)29-32-67(40)37-47(75)76)61-52(60-50)66-30-27-63(28-31-66)22-12-8-6-4-3-5-7-9-14-43(68)55-21-11-10-13-41(48(77)78)57-53(81)58-42(49(79)80)19-20-44(69)70;2-1-3/h15-18,40-42H,3-14,19-37H2,1-2H3,(H,55,68)(H,69,70)(H,71,72)(H,73,74)(H,75,76)(H,77,78)(H,79,80)(H2,57,58,81)(H2,54,56,59,60,61);/t40?,41-,42-;/m0./s1. The van der Waals surface area contributed by atoms with Crippen LogP contribution in [0.4, 0.5) is 28.3 Å². The van der Waals surface area contributed by atoms with Crippen LogP contribution in [-0.4, -0.2) is 261 Å². The Morgan fingerprint density at radius 2 is 1.11 bits per heavy atom. The van der Waals surface area contributed by atoms with Crippen molar-refractivity contribution in [3.63, 3.8) is 0 Å². The average Bonchev–Trinajstić information content (AvgIpc) is 3.60. The van der Waals surface area contributed by atoms with Crippen molar-refractivity contribution in [3.05, 3.63) is 29.8 Å². The fourth-order valence-electron chi connectivity index (χ4n) is 9.69. The summed E-state index contributed by atoms with van der Waals surface area (Å²) in [5.74, 6) is -5.61. The number of hydrogen-bond donors (Lipinski definition) is 11. The number of benzene rings is 1. The number of carbonyl (C=O) groups excluding carboxylic acids is 4. The highest BCUT2D eigenvalue weighted by Crippen LogP contribution is 2.22. The molecule has 1 aromatic heterocycles. The van der Waals surface area contributed by atoms with Gasteiger partial charge in [-0.25, -0.2) is 14.4 Å². The van der Waals surface area contributed by atoms with E-state index in [1.54, 1.807) is 16.8 Å². The summed E-state index contributed by atoms with van der Waals surface area (Å²) in [6.45, 7) is 6.84. The zero-order valence-corrected chi connectivity index (χ0v) is 48.3. The van der Waals surface area contributed by atoms with Gasteiger partial charge in [-0.1, -0.05) is 50.7 Å². The Kier molecular flexibility index (Phi) is 33.4. The minimum absolute atomic E-state index is 0.0569. The number of urea groups is 1. The number of aromatic nitrogens is 3. The third kappa shape index (κ3) is 30.1. The van der Waals surface area contributed by atoms with E-state index < -0.39 is 60.4 Å². The van der Waals surface area contributed by atoms with Crippen LogP contribution in [0.25, 0.3) is 0 Å². The monoisotopic (exact) mass is 1190 g/mol. The number of hydrogen-bond acceptors (Lipinski definition) is 21. The summed E-state index contributed by atoms with van der Waals surface area (Å²) < 4.78 is 0. The maximum absolute atomic E-state index is 12.3. The van der Waals surface area contributed by atoms with Crippen molar-refractivity contribution in [2.75, 3.05) is 134 Å². The summed E-state index contributed by atoms with van der Waals surface area (Å²) in [6, 6.07) is 3.77. The van der Waals surface area contributed by atoms with E-state index in [1.165, 1.54) is 0 Å². The molecule has 0 radical (unpaired) electrons. The molecule has 468 valence electrons. The van der Waals surface area contributed by atoms with Crippen LogP contribution >= 0.6 is 0 Å². The largest absolute Gasteiger partial charge is 0.481 e. The van der Waals surface area contributed by atoms with Crippen LogP contribution in [-0.2, 0) is 49.6 Å². The summed E-state index contributed by atoms with van der Waals surface area (Å²) >= 11 is 0. The molecule has 3 heterocycles. The van der Waals surface area contributed by atoms with Gasteiger partial charge in [0.15, 0.2) is 0 Å². The van der Waals surface area contributed by atoms with Crippen LogP contribution in [0, 0.1) is 0 Å². The second-order valence-corrected chi connectivity index (χ2v) is 20.8. The fourth-order valence-corrected chi connectivity index (χ4v) is 9.69. The van der Waals surface area contributed by atoms with Gasteiger partial charge in [0.1, 0.15) is 12.1 Å². The maximum atomic E-state index is 12.3. The van der Waals surface area contributed by atoms with Crippen LogP contribution in [0.1, 0.15) is 95.5 Å². The molecule has 2 saturated heterocycles. The van der Waals surface area contributed by atoms with E-state index in [1.807, 2.05) is 36.2 Å². The molecule has 1 unspecified atom stereocenters. The Balaban J connectivity index is 0.00000603. The fraction of sp³-hybridized carbons (Fsp3) is 0.667. The Morgan fingerprint density at radius 1 is 0.583 bits per heavy atom. The number of carboxylic acids is 6. The average molecular weight is 1190 g/mol. The molecule has 0 spiro atoms. The molecule has 11 N–H and O–H groups in total. The molecule has 0 aliphatic carbocycles. The smallest absolute Gasteiger partial charge is 0.373 e. The lowest BCUT2D eigenvalue weighted by Crippen LogP contribution is -2.52. The van der Waals surface area contributed by atoms with Crippen molar-refractivity contribution in [1.29, 1.82) is 0 Å². The number of amides is 3. The second kappa shape index (κ2) is 39.8. The van der Waals surface area contributed by atoms with E-state index in [0.717, 1.165) is 95.3 Å². The Labute approximate surface area is 488 Å².